The summed E-state index contributed by atoms with van der Waals surface area (Å²) in [6, 6.07) is 3.02. The Morgan fingerprint density at radius 1 is 1.27 bits per heavy atom. The fraction of sp³-hybridized carbons (Fsp3) is 0.412. The van der Waals surface area contributed by atoms with Gasteiger partial charge in [0.2, 0.25) is 0 Å². The highest BCUT2D eigenvalue weighted by atomic mass is 32.2. The van der Waals surface area contributed by atoms with Crippen molar-refractivity contribution in [2.45, 2.75) is 31.7 Å². The van der Waals surface area contributed by atoms with Crippen LogP contribution in [-0.4, -0.2) is 36.3 Å². The normalized spacial score (nSPS) is 20.6. The van der Waals surface area contributed by atoms with Crippen LogP contribution in [0.1, 0.15) is 31.2 Å². The molecule has 0 spiro atoms. The van der Waals surface area contributed by atoms with Crippen molar-refractivity contribution in [3.05, 3.63) is 32.7 Å². The zero-order valence-electron chi connectivity index (χ0n) is 14.5. The molecule has 1 saturated carbocycles. The monoisotopic (exact) mass is 377 g/mol. The van der Waals surface area contributed by atoms with E-state index in [1.165, 1.54) is 44.2 Å². The molecule has 3 rings (SSSR count). The van der Waals surface area contributed by atoms with Crippen LogP contribution in [0.15, 0.2) is 22.0 Å². The molecule has 138 valence electrons. The molecule has 0 aromatic heterocycles. The van der Waals surface area contributed by atoms with Crippen molar-refractivity contribution < 1.29 is 19.2 Å². The summed E-state index contributed by atoms with van der Waals surface area (Å²) < 4.78 is 10.3. The molecule has 1 aromatic rings. The van der Waals surface area contributed by atoms with E-state index < -0.39 is 4.92 Å². The molecular weight excluding hydrogens is 358 g/mol. The SMILES string of the molecule is COc1cc(C=C2SC(=NC3CCCC3)NC2=O)c([N+](=O)[O-])cc1OC. The average Bonchev–Trinajstić information content (AvgIpc) is 3.24. The maximum atomic E-state index is 12.2. The molecule has 1 aromatic carbocycles. The van der Waals surface area contributed by atoms with Crippen molar-refractivity contribution >= 4 is 34.6 Å². The summed E-state index contributed by atoms with van der Waals surface area (Å²) in [4.78, 5) is 28.0. The van der Waals surface area contributed by atoms with Gasteiger partial charge in [-0.2, -0.15) is 0 Å². The van der Waals surface area contributed by atoms with Crippen LogP contribution in [0.5, 0.6) is 11.5 Å². The number of nitro benzene ring substituents is 1. The number of hydrogen-bond donors (Lipinski definition) is 1. The van der Waals surface area contributed by atoms with Gasteiger partial charge in [-0.05, 0) is 36.7 Å². The molecule has 1 amide bonds. The lowest BCUT2D eigenvalue weighted by Crippen LogP contribution is -2.21. The Kier molecular flexibility index (Phi) is 5.46. The molecule has 1 heterocycles. The molecule has 0 unspecified atom stereocenters. The summed E-state index contributed by atoms with van der Waals surface area (Å²) in [6.45, 7) is 0. The number of ether oxygens (including phenoxy) is 2. The number of aliphatic imine (C=N–C) groups is 1. The molecule has 1 saturated heterocycles. The maximum Gasteiger partial charge on any atom is 0.280 e. The lowest BCUT2D eigenvalue weighted by atomic mass is 10.1. The van der Waals surface area contributed by atoms with E-state index in [0.29, 0.717) is 15.8 Å². The average molecular weight is 377 g/mol. The van der Waals surface area contributed by atoms with Gasteiger partial charge in [-0.1, -0.05) is 12.8 Å². The smallest absolute Gasteiger partial charge is 0.280 e. The summed E-state index contributed by atoms with van der Waals surface area (Å²) >= 11 is 1.20. The highest BCUT2D eigenvalue weighted by Gasteiger charge is 2.27. The van der Waals surface area contributed by atoms with Crippen LogP contribution in [-0.2, 0) is 4.79 Å². The molecule has 0 atom stereocenters. The van der Waals surface area contributed by atoms with Gasteiger partial charge in [0.25, 0.3) is 11.6 Å². The predicted octanol–water partition coefficient (Wildman–Crippen LogP) is 3.11. The third-order valence-corrected chi connectivity index (χ3v) is 5.22. The van der Waals surface area contributed by atoms with Crippen molar-refractivity contribution in [3.8, 4) is 11.5 Å². The maximum absolute atomic E-state index is 12.2. The number of amides is 1. The number of nitrogens with one attached hydrogen (secondary N) is 1. The third-order valence-electron chi connectivity index (χ3n) is 4.29. The van der Waals surface area contributed by atoms with Crippen LogP contribution >= 0.6 is 11.8 Å². The number of carbonyl (C=O) groups excluding carboxylic acids is 1. The summed E-state index contributed by atoms with van der Waals surface area (Å²) in [5.41, 5.74) is 0.108. The standard InChI is InChI=1S/C17H19N3O5S/c1-24-13-7-10(12(20(22)23)9-14(13)25-2)8-15-16(21)19-17(26-15)18-11-5-3-4-6-11/h7-9,11H,3-6H2,1-2H3,(H,18,19,21). The minimum absolute atomic E-state index is 0.162. The van der Waals surface area contributed by atoms with E-state index >= 15 is 0 Å². The fourth-order valence-corrected chi connectivity index (χ4v) is 3.87. The molecule has 0 radical (unpaired) electrons. The molecule has 8 nitrogen and oxygen atoms in total. The number of benzene rings is 1. The molecule has 0 bridgehead atoms. The first-order valence-corrected chi connectivity index (χ1v) is 9.02. The summed E-state index contributed by atoms with van der Waals surface area (Å²) in [6.07, 6.45) is 5.85. The van der Waals surface area contributed by atoms with Crippen LogP contribution in [0.2, 0.25) is 0 Å². The number of rotatable bonds is 5. The first kappa shape index (κ1) is 18.2. The largest absolute Gasteiger partial charge is 0.493 e. The molecule has 26 heavy (non-hydrogen) atoms. The Morgan fingerprint density at radius 3 is 2.54 bits per heavy atom. The zero-order valence-corrected chi connectivity index (χ0v) is 15.3. The van der Waals surface area contributed by atoms with Gasteiger partial charge in [-0.25, -0.2) is 0 Å². The number of amidine groups is 1. The molecule has 1 N–H and O–H groups in total. The predicted molar refractivity (Wildman–Crippen MR) is 99.6 cm³/mol. The number of carbonyl (C=O) groups is 1. The first-order chi connectivity index (χ1) is 12.5. The summed E-state index contributed by atoms with van der Waals surface area (Å²) in [5, 5.41) is 14.7. The van der Waals surface area contributed by atoms with E-state index in [0.717, 1.165) is 25.7 Å². The Labute approximate surface area is 154 Å². The highest BCUT2D eigenvalue weighted by Crippen LogP contribution is 2.37. The lowest BCUT2D eigenvalue weighted by molar-refractivity contribution is -0.385. The van der Waals surface area contributed by atoms with Gasteiger partial charge >= 0.3 is 0 Å². The van der Waals surface area contributed by atoms with Gasteiger partial charge in [-0.3, -0.25) is 19.9 Å². The van der Waals surface area contributed by atoms with E-state index in [1.807, 2.05) is 0 Å². The van der Waals surface area contributed by atoms with E-state index in [-0.39, 0.29) is 28.9 Å². The first-order valence-electron chi connectivity index (χ1n) is 8.21. The van der Waals surface area contributed by atoms with E-state index in [9.17, 15) is 14.9 Å². The second-order valence-electron chi connectivity index (χ2n) is 5.96. The third kappa shape index (κ3) is 3.82. The van der Waals surface area contributed by atoms with Gasteiger partial charge in [0.05, 0.1) is 41.7 Å². The summed E-state index contributed by atoms with van der Waals surface area (Å²) in [7, 11) is 2.86. The van der Waals surface area contributed by atoms with Gasteiger partial charge < -0.3 is 14.8 Å². The molecular formula is C17H19N3O5S. The molecule has 1 aliphatic carbocycles. The number of nitro groups is 1. The Balaban J connectivity index is 1.93. The van der Waals surface area contributed by atoms with E-state index in [4.69, 9.17) is 9.47 Å². The number of thioether (sulfide) groups is 1. The van der Waals surface area contributed by atoms with Crippen molar-refractivity contribution in [3.63, 3.8) is 0 Å². The van der Waals surface area contributed by atoms with Gasteiger partial charge in [0.1, 0.15) is 0 Å². The second kappa shape index (κ2) is 7.77. The van der Waals surface area contributed by atoms with Crippen LogP contribution in [0.4, 0.5) is 5.69 Å². The van der Waals surface area contributed by atoms with E-state index in [1.54, 1.807) is 0 Å². The van der Waals surface area contributed by atoms with Crippen LogP contribution < -0.4 is 14.8 Å². The van der Waals surface area contributed by atoms with Gasteiger partial charge in [-0.15, -0.1) is 0 Å². The van der Waals surface area contributed by atoms with Crippen LogP contribution in [0.3, 0.4) is 0 Å². The van der Waals surface area contributed by atoms with Crippen molar-refractivity contribution in [1.82, 2.24) is 5.32 Å². The Hall–Kier alpha value is -2.55. The lowest BCUT2D eigenvalue weighted by Gasteiger charge is -2.09. The zero-order chi connectivity index (χ0) is 18.7. The van der Waals surface area contributed by atoms with E-state index in [2.05, 4.69) is 10.3 Å². The molecule has 2 aliphatic rings. The topological polar surface area (TPSA) is 103 Å². The second-order valence-corrected chi connectivity index (χ2v) is 6.99. The Bertz CT molecular complexity index is 800. The van der Waals surface area contributed by atoms with Crippen molar-refractivity contribution in [1.29, 1.82) is 0 Å². The van der Waals surface area contributed by atoms with Crippen molar-refractivity contribution in [2.75, 3.05) is 14.2 Å². The summed E-state index contributed by atoms with van der Waals surface area (Å²) in [5.74, 6) is 0.303. The molecule has 2 fully saturated rings. The quantitative estimate of drug-likeness (QED) is 0.480. The highest BCUT2D eigenvalue weighted by molar-refractivity contribution is 8.18. The van der Waals surface area contributed by atoms with Gasteiger partial charge in [0.15, 0.2) is 16.7 Å². The number of hydrogen-bond acceptors (Lipinski definition) is 7. The fourth-order valence-electron chi connectivity index (χ4n) is 2.99. The number of nitrogens with zero attached hydrogens (tertiary/aromatic N) is 2. The minimum Gasteiger partial charge on any atom is -0.493 e. The minimum atomic E-state index is -0.514. The van der Waals surface area contributed by atoms with Gasteiger partial charge in [0, 0.05) is 0 Å². The molecule has 1 aliphatic heterocycles. The van der Waals surface area contributed by atoms with Crippen LogP contribution in [0.25, 0.3) is 6.08 Å². The Morgan fingerprint density at radius 2 is 1.92 bits per heavy atom. The number of methoxy groups -OCH3 is 2. The van der Waals surface area contributed by atoms with Crippen LogP contribution in [0, 0.1) is 10.1 Å². The molecule has 9 heteroatoms. The van der Waals surface area contributed by atoms with Crippen molar-refractivity contribution in [2.24, 2.45) is 4.99 Å².